The Morgan fingerprint density at radius 3 is 2.61 bits per heavy atom. The highest BCUT2D eigenvalue weighted by atomic mass is 19.1. The summed E-state index contributed by atoms with van der Waals surface area (Å²) in [6.07, 6.45) is -0.262. The highest BCUT2D eigenvalue weighted by molar-refractivity contribution is 5.90. The van der Waals surface area contributed by atoms with Gasteiger partial charge >= 0.3 is 6.03 Å². The van der Waals surface area contributed by atoms with Gasteiger partial charge in [0, 0.05) is 11.7 Å². The number of urea groups is 1. The summed E-state index contributed by atoms with van der Waals surface area (Å²) < 4.78 is 13.2. The van der Waals surface area contributed by atoms with Gasteiger partial charge in [0.2, 0.25) is 0 Å². The number of amides is 2. The molecule has 23 heavy (non-hydrogen) atoms. The van der Waals surface area contributed by atoms with Crippen LogP contribution in [0.4, 0.5) is 14.9 Å². The number of anilines is 1. The number of carbonyl (C=O) groups is 1. The van der Waals surface area contributed by atoms with Gasteiger partial charge < -0.3 is 15.7 Å². The first-order valence-corrected chi connectivity index (χ1v) is 7.52. The third-order valence-corrected chi connectivity index (χ3v) is 3.59. The van der Waals surface area contributed by atoms with Crippen LogP contribution in [0.15, 0.2) is 48.5 Å². The first-order chi connectivity index (χ1) is 11.0. The van der Waals surface area contributed by atoms with Crippen LogP contribution in [0.1, 0.15) is 30.6 Å². The van der Waals surface area contributed by atoms with Crippen molar-refractivity contribution in [3.05, 3.63) is 65.5 Å². The van der Waals surface area contributed by atoms with Gasteiger partial charge in [0.15, 0.2) is 0 Å². The minimum atomic E-state index is -0.651. The second kappa shape index (κ2) is 7.74. The Labute approximate surface area is 135 Å². The van der Waals surface area contributed by atoms with Crippen LogP contribution >= 0.6 is 0 Å². The zero-order valence-corrected chi connectivity index (χ0v) is 13.2. The number of halogens is 1. The van der Waals surface area contributed by atoms with Gasteiger partial charge in [-0.3, -0.25) is 0 Å². The molecule has 0 aliphatic rings. The Kier molecular flexibility index (Phi) is 5.71. The number of aryl methyl sites for hydroxylation is 1. The van der Waals surface area contributed by atoms with E-state index >= 15 is 0 Å². The fraction of sp³-hybridized carbons (Fsp3) is 0.278. The second-order valence-corrected chi connectivity index (χ2v) is 5.62. The maximum Gasteiger partial charge on any atom is 0.319 e. The van der Waals surface area contributed by atoms with E-state index in [1.54, 1.807) is 13.0 Å². The third kappa shape index (κ3) is 5.07. The standard InChI is InChI=1S/C18H21FN2O2/c1-12-8-9-15(19)11-16(12)21-18(23)20-13(2)10-17(22)14-6-4-3-5-7-14/h3-9,11,13,17,22H,10H2,1-2H3,(H2,20,21,23). The van der Waals surface area contributed by atoms with Crippen molar-refractivity contribution in [2.75, 3.05) is 5.32 Å². The molecule has 2 atom stereocenters. The van der Waals surface area contributed by atoms with Gasteiger partial charge in [-0.1, -0.05) is 36.4 Å². The lowest BCUT2D eigenvalue weighted by molar-refractivity contribution is 0.155. The lowest BCUT2D eigenvalue weighted by atomic mass is 10.0. The van der Waals surface area contributed by atoms with Crippen molar-refractivity contribution in [3.63, 3.8) is 0 Å². The molecule has 0 aromatic heterocycles. The molecule has 5 heteroatoms. The Balaban J connectivity index is 1.88. The van der Waals surface area contributed by atoms with Crippen LogP contribution in [0.2, 0.25) is 0 Å². The predicted octanol–water partition coefficient (Wildman–Crippen LogP) is 3.77. The van der Waals surface area contributed by atoms with Crippen molar-refractivity contribution in [2.45, 2.75) is 32.4 Å². The van der Waals surface area contributed by atoms with Crippen molar-refractivity contribution in [1.29, 1.82) is 0 Å². The van der Waals surface area contributed by atoms with Gasteiger partial charge in [-0.25, -0.2) is 9.18 Å². The normalized spacial score (nSPS) is 13.2. The molecule has 0 aliphatic carbocycles. The SMILES string of the molecule is Cc1ccc(F)cc1NC(=O)NC(C)CC(O)c1ccccc1. The van der Waals surface area contributed by atoms with Crippen LogP contribution in [-0.2, 0) is 0 Å². The second-order valence-electron chi connectivity index (χ2n) is 5.62. The van der Waals surface area contributed by atoms with Gasteiger partial charge in [-0.05, 0) is 43.5 Å². The molecule has 0 bridgehead atoms. The van der Waals surface area contributed by atoms with Crippen LogP contribution < -0.4 is 10.6 Å². The molecule has 122 valence electrons. The summed E-state index contributed by atoms with van der Waals surface area (Å²) in [6, 6.07) is 12.8. The van der Waals surface area contributed by atoms with E-state index in [0.717, 1.165) is 11.1 Å². The van der Waals surface area contributed by atoms with Crippen molar-refractivity contribution in [3.8, 4) is 0 Å². The van der Waals surface area contributed by atoms with Gasteiger partial charge in [0.1, 0.15) is 5.82 Å². The highest BCUT2D eigenvalue weighted by Gasteiger charge is 2.14. The van der Waals surface area contributed by atoms with Crippen molar-refractivity contribution in [1.82, 2.24) is 5.32 Å². The maximum absolute atomic E-state index is 13.2. The van der Waals surface area contributed by atoms with E-state index in [-0.39, 0.29) is 6.04 Å². The van der Waals surface area contributed by atoms with E-state index in [0.29, 0.717) is 12.1 Å². The number of benzene rings is 2. The molecule has 0 aliphatic heterocycles. The lowest BCUT2D eigenvalue weighted by Gasteiger charge is -2.19. The number of aliphatic hydroxyl groups is 1. The average Bonchev–Trinajstić information content (AvgIpc) is 2.51. The number of nitrogens with one attached hydrogen (secondary N) is 2. The molecular formula is C18H21FN2O2. The predicted molar refractivity (Wildman–Crippen MR) is 88.8 cm³/mol. The minimum Gasteiger partial charge on any atom is -0.388 e. The summed E-state index contributed by atoms with van der Waals surface area (Å²) >= 11 is 0. The summed E-state index contributed by atoms with van der Waals surface area (Å²) in [4.78, 5) is 12.0. The Morgan fingerprint density at radius 2 is 1.91 bits per heavy atom. The molecule has 2 amide bonds. The van der Waals surface area contributed by atoms with Crippen LogP contribution in [0.3, 0.4) is 0 Å². The molecule has 2 aromatic rings. The van der Waals surface area contributed by atoms with Crippen LogP contribution in [-0.4, -0.2) is 17.2 Å². The molecule has 0 fully saturated rings. The first-order valence-electron chi connectivity index (χ1n) is 7.52. The molecule has 2 aromatic carbocycles. The van der Waals surface area contributed by atoms with Gasteiger partial charge in [0.25, 0.3) is 0 Å². The minimum absolute atomic E-state index is 0.237. The molecule has 0 saturated heterocycles. The molecule has 0 heterocycles. The fourth-order valence-electron chi connectivity index (χ4n) is 2.32. The zero-order valence-electron chi connectivity index (χ0n) is 13.2. The molecule has 3 N–H and O–H groups in total. The number of carbonyl (C=O) groups excluding carboxylic acids is 1. The van der Waals surface area contributed by atoms with Gasteiger partial charge in [-0.2, -0.15) is 0 Å². The van der Waals surface area contributed by atoms with E-state index in [1.165, 1.54) is 12.1 Å². The summed E-state index contributed by atoms with van der Waals surface area (Å²) in [5.74, 6) is -0.404. The zero-order chi connectivity index (χ0) is 16.8. The average molecular weight is 316 g/mol. The van der Waals surface area contributed by atoms with Gasteiger partial charge in [-0.15, -0.1) is 0 Å². The topological polar surface area (TPSA) is 61.4 Å². The van der Waals surface area contributed by atoms with Crippen LogP contribution in [0.5, 0.6) is 0 Å². The highest BCUT2D eigenvalue weighted by Crippen LogP contribution is 2.18. The van der Waals surface area contributed by atoms with Gasteiger partial charge in [0.05, 0.1) is 6.10 Å². The molecular weight excluding hydrogens is 295 g/mol. The summed E-state index contributed by atoms with van der Waals surface area (Å²) in [6.45, 7) is 3.60. The summed E-state index contributed by atoms with van der Waals surface area (Å²) in [5, 5.41) is 15.5. The number of rotatable bonds is 5. The molecule has 2 unspecified atom stereocenters. The monoisotopic (exact) mass is 316 g/mol. The summed E-state index contributed by atoms with van der Waals surface area (Å²) in [7, 11) is 0. The fourth-order valence-corrected chi connectivity index (χ4v) is 2.32. The first kappa shape index (κ1) is 17.0. The summed E-state index contributed by atoms with van der Waals surface area (Å²) in [5.41, 5.74) is 2.01. The Morgan fingerprint density at radius 1 is 1.22 bits per heavy atom. The molecule has 0 spiro atoms. The number of aliphatic hydroxyl groups excluding tert-OH is 1. The molecule has 4 nitrogen and oxygen atoms in total. The van der Waals surface area contributed by atoms with E-state index < -0.39 is 18.0 Å². The third-order valence-electron chi connectivity index (χ3n) is 3.59. The van der Waals surface area contributed by atoms with E-state index in [1.807, 2.05) is 37.3 Å². The maximum atomic E-state index is 13.2. The molecule has 0 saturated carbocycles. The molecule has 2 rings (SSSR count). The molecule has 0 radical (unpaired) electrons. The lowest BCUT2D eigenvalue weighted by Crippen LogP contribution is -2.37. The smallest absolute Gasteiger partial charge is 0.319 e. The van der Waals surface area contributed by atoms with Crippen LogP contribution in [0.25, 0.3) is 0 Å². The Bertz CT molecular complexity index is 661. The largest absolute Gasteiger partial charge is 0.388 e. The Hall–Kier alpha value is -2.40. The number of hydrogen-bond donors (Lipinski definition) is 3. The quantitative estimate of drug-likeness (QED) is 0.786. The van der Waals surface area contributed by atoms with Crippen molar-refractivity contribution >= 4 is 11.7 Å². The van der Waals surface area contributed by atoms with Crippen LogP contribution in [0, 0.1) is 12.7 Å². The van der Waals surface area contributed by atoms with E-state index in [4.69, 9.17) is 0 Å². The van der Waals surface area contributed by atoms with Crippen molar-refractivity contribution in [2.24, 2.45) is 0 Å². The van der Waals surface area contributed by atoms with E-state index in [2.05, 4.69) is 10.6 Å². The van der Waals surface area contributed by atoms with E-state index in [9.17, 15) is 14.3 Å². The number of hydrogen-bond acceptors (Lipinski definition) is 2. The van der Waals surface area contributed by atoms with Crippen molar-refractivity contribution < 1.29 is 14.3 Å².